The monoisotopic (exact) mass is 113 g/mol. The molecule has 0 bridgehead atoms. The molecule has 0 spiro atoms. The molecule has 0 aromatic rings. The first-order valence-electron chi connectivity index (χ1n) is 3.59. The number of hydrogen-bond donors (Lipinski definition) is 0. The Balaban J connectivity index is 2.72. The van der Waals surface area contributed by atoms with Crippen LogP contribution in [0.5, 0.6) is 0 Å². The summed E-state index contributed by atoms with van der Waals surface area (Å²) in [7, 11) is 0. The van der Waals surface area contributed by atoms with E-state index in [2.05, 4.69) is 27.2 Å². The molecule has 0 N–H and O–H groups in total. The van der Waals surface area contributed by atoms with Crippen LogP contribution in [0.2, 0.25) is 0 Å². The van der Waals surface area contributed by atoms with E-state index in [0.29, 0.717) is 0 Å². The molecule has 0 unspecified atom stereocenters. The second kappa shape index (κ2) is 5.14. The van der Waals surface area contributed by atoms with E-state index >= 15 is 0 Å². The minimum atomic E-state index is 0.849. The van der Waals surface area contributed by atoms with Gasteiger partial charge in [0, 0.05) is 0 Å². The summed E-state index contributed by atoms with van der Waals surface area (Å²) in [5.74, 6) is 0.849. The minimum Gasteiger partial charge on any atom is -0.0654 e. The van der Waals surface area contributed by atoms with E-state index in [-0.39, 0.29) is 0 Å². The third-order valence-electron chi connectivity index (χ3n) is 1.13. The van der Waals surface area contributed by atoms with Crippen LogP contribution in [0.25, 0.3) is 0 Å². The molecule has 0 atom stereocenters. The van der Waals surface area contributed by atoms with Gasteiger partial charge >= 0.3 is 0 Å². The van der Waals surface area contributed by atoms with Crippen LogP contribution in [0.1, 0.15) is 40.0 Å². The topological polar surface area (TPSA) is 0 Å². The molecule has 0 aliphatic heterocycles. The number of rotatable bonds is 4. The van der Waals surface area contributed by atoms with Crippen molar-refractivity contribution in [3.8, 4) is 0 Å². The van der Waals surface area contributed by atoms with E-state index in [9.17, 15) is 0 Å². The predicted molar refractivity (Wildman–Crippen MR) is 38.7 cm³/mol. The summed E-state index contributed by atoms with van der Waals surface area (Å²) in [6.45, 7) is 6.73. The Morgan fingerprint density at radius 2 is 2.00 bits per heavy atom. The normalized spacial score (nSPS) is 10.5. The summed E-state index contributed by atoms with van der Waals surface area (Å²) in [6.07, 6.45) is 6.25. The van der Waals surface area contributed by atoms with Gasteiger partial charge in [-0.25, -0.2) is 0 Å². The van der Waals surface area contributed by atoms with Crippen LogP contribution in [0, 0.1) is 12.3 Å². The van der Waals surface area contributed by atoms with Gasteiger partial charge in [-0.05, 0) is 18.8 Å². The Kier molecular flexibility index (Phi) is 5.14. The lowest BCUT2D eigenvalue weighted by atomic mass is 10.1. The smallest absolute Gasteiger partial charge is 0.0383 e. The van der Waals surface area contributed by atoms with E-state index in [1.807, 2.05) is 0 Å². The minimum absolute atomic E-state index is 0.849. The van der Waals surface area contributed by atoms with Crippen LogP contribution in [0.4, 0.5) is 0 Å². The molecule has 0 aliphatic rings. The highest BCUT2D eigenvalue weighted by atomic mass is 14.0. The van der Waals surface area contributed by atoms with E-state index in [1.165, 1.54) is 19.3 Å². The highest BCUT2D eigenvalue weighted by molar-refractivity contribution is 4.64. The van der Waals surface area contributed by atoms with Crippen molar-refractivity contribution in [2.24, 2.45) is 5.92 Å². The third kappa shape index (κ3) is 6.00. The number of hydrogen-bond acceptors (Lipinski definition) is 0. The zero-order valence-corrected chi connectivity index (χ0v) is 6.28. The maximum absolute atomic E-state index is 2.38. The Hall–Kier alpha value is 0. The summed E-state index contributed by atoms with van der Waals surface area (Å²) in [6, 6.07) is 0. The van der Waals surface area contributed by atoms with Crippen LogP contribution in [-0.4, -0.2) is 0 Å². The second-order valence-corrected chi connectivity index (χ2v) is 2.71. The molecule has 49 valence electrons. The van der Waals surface area contributed by atoms with Gasteiger partial charge < -0.3 is 0 Å². The quantitative estimate of drug-likeness (QED) is 0.491. The first kappa shape index (κ1) is 8.00. The lowest BCUT2D eigenvalue weighted by Crippen LogP contribution is -1.86. The Bertz CT molecular complexity index is 37.3. The van der Waals surface area contributed by atoms with Crippen LogP contribution in [0.15, 0.2) is 0 Å². The Morgan fingerprint density at radius 1 is 1.38 bits per heavy atom. The van der Waals surface area contributed by atoms with Crippen molar-refractivity contribution in [3.63, 3.8) is 0 Å². The van der Waals surface area contributed by atoms with Crippen molar-refractivity contribution in [1.29, 1.82) is 0 Å². The van der Waals surface area contributed by atoms with E-state index in [0.717, 1.165) is 5.92 Å². The average Bonchev–Trinajstić information content (AvgIpc) is 1.66. The van der Waals surface area contributed by atoms with Crippen molar-refractivity contribution in [2.45, 2.75) is 40.0 Å². The van der Waals surface area contributed by atoms with Crippen molar-refractivity contribution in [2.75, 3.05) is 0 Å². The van der Waals surface area contributed by atoms with E-state index < -0.39 is 0 Å². The molecule has 0 amide bonds. The molecule has 1 radical (unpaired) electrons. The molecule has 0 nitrogen and oxygen atoms in total. The van der Waals surface area contributed by atoms with Gasteiger partial charge in [-0.3, -0.25) is 0 Å². The molecule has 0 aliphatic carbocycles. The van der Waals surface area contributed by atoms with Crippen molar-refractivity contribution in [1.82, 2.24) is 0 Å². The van der Waals surface area contributed by atoms with E-state index in [4.69, 9.17) is 0 Å². The van der Waals surface area contributed by atoms with Gasteiger partial charge in [-0.15, -0.1) is 0 Å². The fourth-order valence-electron chi connectivity index (χ4n) is 0.655. The van der Waals surface area contributed by atoms with Crippen LogP contribution < -0.4 is 0 Å². The zero-order valence-electron chi connectivity index (χ0n) is 6.28. The Morgan fingerprint density at radius 3 is 2.38 bits per heavy atom. The van der Waals surface area contributed by atoms with Crippen molar-refractivity contribution >= 4 is 0 Å². The van der Waals surface area contributed by atoms with Gasteiger partial charge in [0.15, 0.2) is 0 Å². The first-order chi connectivity index (χ1) is 3.77. The average molecular weight is 113 g/mol. The fraction of sp³-hybridized carbons (Fsp3) is 0.875. The molecule has 0 fully saturated rings. The summed E-state index contributed by atoms with van der Waals surface area (Å²) in [5.41, 5.74) is 0. The summed E-state index contributed by atoms with van der Waals surface area (Å²) < 4.78 is 0. The van der Waals surface area contributed by atoms with Crippen LogP contribution in [-0.2, 0) is 0 Å². The lowest BCUT2D eigenvalue weighted by molar-refractivity contribution is 0.616. The predicted octanol–water partition coefficient (Wildman–Crippen LogP) is 3.04. The molecule has 0 rings (SSSR count). The molecule has 0 saturated carbocycles. The largest absolute Gasteiger partial charge is 0.0654 e. The summed E-state index contributed by atoms with van der Waals surface area (Å²) >= 11 is 0. The molecular weight excluding hydrogens is 96.1 g/mol. The highest BCUT2D eigenvalue weighted by Crippen LogP contribution is 2.05. The van der Waals surface area contributed by atoms with Crippen LogP contribution >= 0.6 is 0 Å². The Labute approximate surface area is 53.3 Å². The van der Waals surface area contributed by atoms with Gasteiger partial charge in [0.25, 0.3) is 0 Å². The SMILES string of the molecule is CCC[CH]CC(C)C. The van der Waals surface area contributed by atoms with Gasteiger partial charge in [0.2, 0.25) is 0 Å². The molecule has 8 heavy (non-hydrogen) atoms. The first-order valence-corrected chi connectivity index (χ1v) is 3.59. The van der Waals surface area contributed by atoms with Gasteiger partial charge in [-0.1, -0.05) is 33.6 Å². The molecule has 0 heteroatoms. The highest BCUT2D eigenvalue weighted by Gasteiger charge is 1.90. The van der Waals surface area contributed by atoms with Crippen molar-refractivity contribution in [3.05, 3.63) is 6.42 Å². The summed E-state index contributed by atoms with van der Waals surface area (Å²) in [4.78, 5) is 0. The summed E-state index contributed by atoms with van der Waals surface area (Å²) in [5, 5.41) is 0. The maximum Gasteiger partial charge on any atom is -0.0383 e. The van der Waals surface area contributed by atoms with E-state index in [1.54, 1.807) is 0 Å². The van der Waals surface area contributed by atoms with Gasteiger partial charge in [-0.2, -0.15) is 0 Å². The fourth-order valence-corrected chi connectivity index (χ4v) is 0.655. The third-order valence-corrected chi connectivity index (χ3v) is 1.13. The van der Waals surface area contributed by atoms with Gasteiger partial charge in [0.1, 0.15) is 0 Å². The molecule has 0 aromatic heterocycles. The molecule has 0 saturated heterocycles. The van der Waals surface area contributed by atoms with Crippen LogP contribution in [0.3, 0.4) is 0 Å². The van der Waals surface area contributed by atoms with Gasteiger partial charge in [0.05, 0.1) is 0 Å². The molecule has 0 aromatic carbocycles. The maximum atomic E-state index is 2.38. The standard InChI is InChI=1S/C8H17/c1-4-5-6-7-8(2)3/h6,8H,4-5,7H2,1-3H3. The molecular formula is C8H17. The number of unbranched alkanes of at least 4 members (excludes halogenated alkanes) is 2. The lowest BCUT2D eigenvalue weighted by Gasteiger charge is -2.00. The van der Waals surface area contributed by atoms with Crippen molar-refractivity contribution < 1.29 is 0 Å². The zero-order chi connectivity index (χ0) is 6.41. The second-order valence-electron chi connectivity index (χ2n) is 2.71. The molecule has 0 heterocycles.